The third kappa shape index (κ3) is 19.2. The number of nitrogens with zero attached hydrogens (tertiary/aromatic N) is 7. The Kier molecular flexibility index (Phi) is 29.0. The third-order valence-electron chi connectivity index (χ3n) is 17.0. The van der Waals surface area contributed by atoms with Gasteiger partial charge in [-0.1, -0.05) is 104 Å². The molecular formula is C62H110N10O12. The number of nitrogens with one attached hydrogen (secondary N) is 3. The average molecular weight is 1190 g/mol. The summed E-state index contributed by atoms with van der Waals surface area (Å²) in [5, 5.41) is 8.54. The highest BCUT2D eigenvalue weighted by Crippen LogP contribution is 2.29. The fourth-order valence-corrected chi connectivity index (χ4v) is 11.4. The number of amides is 10. The quantitative estimate of drug-likeness (QED) is 0.249. The largest absolute Gasteiger partial charge is 0.375 e. The van der Waals surface area contributed by atoms with E-state index in [-0.39, 0.29) is 68.1 Å². The van der Waals surface area contributed by atoms with Crippen molar-refractivity contribution in [1.82, 2.24) is 50.2 Å². The molecule has 13 atom stereocenters. The van der Waals surface area contributed by atoms with E-state index in [0.717, 1.165) is 0 Å². The minimum Gasteiger partial charge on any atom is -0.375 e. The Balaban J connectivity index is 2.95. The molecule has 2 rings (SSSR count). The van der Waals surface area contributed by atoms with E-state index in [4.69, 9.17) is 4.74 Å². The highest BCUT2D eigenvalue weighted by atomic mass is 16.5. The summed E-state index contributed by atoms with van der Waals surface area (Å²) in [6.45, 7) is 30.7. The summed E-state index contributed by atoms with van der Waals surface area (Å²) in [5.74, 6) is -9.03. The van der Waals surface area contributed by atoms with Crippen LogP contribution in [0, 0.1) is 47.3 Å². The summed E-state index contributed by atoms with van der Waals surface area (Å²) in [6.07, 6.45) is 0.312. The molecule has 0 saturated carbocycles. The van der Waals surface area contributed by atoms with Crippen molar-refractivity contribution >= 4 is 64.9 Å². The number of ketones is 1. The van der Waals surface area contributed by atoms with E-state index in [2.05, 4.69) is 16.0 Å². The van der Waals surface area contributed by atoms with E-state index in [1.54, 1.807) is 41.5 Å². The molecule has 0 aromatic heterocycles. The molecule has 2 saturated heterocycles. The molecule has 2 aliphatic rings. The average Bonchev–Trinajstić information content (AvgIpc) is 2.83. The summed E-state index contributed by atoms with van der Waals surface area (Å²) in [6, 6.07) is -11.5. The van der Waals surface area contributed by atoms with Gasteiger partial charge >= 0.3 is 0 Å². The molecule has 2 fully saturated rings. The molecule has 0 aromatic rings. The van der Waals surface area contributed by atoms with Gasteiger partial charge in [-0.25, -0.2) is 0 Å². The second-order valence-electron chi connectivity index (χ2n) is 26.6. The molecule has 2 heterocycles. The van der Waals surface area contributed by atoms with E-state index in [0.29, 0.717) is 13.0 Å². The first-order chi connectivity index (χ1) is 38.8. The number of carbonyl (C=O) groups is 11. The van der Waals surface area contributed by atoms with Gasteiger partial charge in [0.1, 0.15) is 54.4 Å². The van der Waals surface area contributed by atoms with Crippen molar-refractivity contribution in [1.29, 1.82) is 0 Å². The Morgan fingerprint density at radius 3 is 1.31 bits per heavy atom. The molecule has 22 nitrogen and oxygen atoms in total. The lowest BCUT2D eigenvalue weighted by Gasteiger charge is -2.41. The van der Waals surface area contributed by atoms with Crippen LogP contribution in [0.1, 0.15) is 163 Å². The number of hydrogen-bond acceptors (Lipinski definition) is 12. The third-order valence-corrected chi connectivity index (χ3v) is 17.0. The number of carbonyl (C=O) groups excluding carboxylic acids is 11. The first kappa shape index (κ1) is 74.4. The van der Waals surface area contributed by atoms with Crippen LogP contribution in [-0.2, 0) is 57.5 Å². The smallest absolute Gasteiger partial charge is 0.246 e. The topological polar surface area (TPSA) is 256 Å². The molecule has 480 valence electrons. The minimum absolute atomic E-state index is 0.0851. The monoisotopic (exact) mass is 1190 g/mol. The van der Waals surface area contributed by atoms with Crippen LogP contribution in [0.4, 0.5) is 0 Å². The molecule has 84 heavy (non-hydrogen) atoms. The first-order valence-electron chi connectivity index (χ1n) is 30.7. The summed E-state index contributed by atoms with van der Waals surface area (Å²) in [5.41, 5.74) is 0. The molecular weight excluding hydrogens is 1080 g/mol. The molecule has 0 bridgehead atoms. The molecule has 0 radical (unpaired) electrons. The number of likely N-dealkylation sites (N-methyl/N-ethyl adjacent to an activating group) is 7. The van der Waals surface area contributed by atoms with E-state index >= 15 is 9.59 Å². The summed E-state index contributed by atoms with van der Waals surface area (Å²) >= 11 is 0. The van der Waals surface area contributed by atoms with E-state index in [1.807, 2.05) is 62.3 Å². The maximum Gasteiger partial charge on any atom is 0.246 e. The predicted octanol–water partition coefficient (Wildman–Crippen LogP) is 4.21. The van der Waals surface area contributed by atoms with Crippen LogP contribution in [0.2, 0.25) is 0 Å². The van der Waals surface area contributed by atoms with Gasteiger partial charge in [0.25, 0.3) is 0 Å². The maximum atomic E-state index is 15.2. The lowest BCUT2D eigenvalue weighted by Crippen LogP contribution is -2.63. The van der Waals surface area contributed by atoms with Gasteiger partial charge in [-0.05, 0) is 93.8 Å². The van der Waals surface area contributed by atoms with Gasteiger partial charge in [-0.15, -0.1) is 0 Å². The predicted molar refractivity (Wildman–Crippen MR) is 323 cm³/mol. The van der Waals surface area contributed by atoms with Gasteiger partial charge in [0.2, 0.25) is 59.1 Å². The second-order valence-corrected chi connectivity index (χ2v) is 26.6. The van der Waals surface area contributed by atoms with E-state index in [9.17, 15) is 43.2 Å². The van der Waals surface area contributed by atoms with Gasteiger partial charge in [-0.2, -0.15) is 0 Å². The van der Waals surface area contributed by atoms with Gasteiger partial charge in [0, 0.05) is 68.3 Å². The van der Waals surface area contributed by atoms with Crippen molar-refractivity contribution in [2.45, 2.75) is 229 Å². The van der Waals surface area contributed by atoms with E-state index in [1.165, 1.54) is 97.5 Å². The molecule has 0 spiro atoms. The van der Waals surface area contributed by atoms with Crippen molar-refractivity contribution in [3.63, 3.8) is 0 Å². The number of Topliss-reactive ketones (excluding diaryl/α,β-unsaturated/α-hetero) is 1. The molecule has 0 unspecified atom stereocenters. The fraction of sp³-hybridized carbons (Fsp3) is 0.823. The van der Waals surface area contributed by atoms with Crippen molar-refractivity contribution in [3.8, 4) is 0 Å². The van der Waals surface area contributed by atoms with Crippen LogP contribution in [0.3, 0.4) is 0 Å². The van der Waals surface area contributed by atoms with Crippen molar-refractivity contribution < 1.29 is 57.5 Å². The lowest BCUT2D eigenvalue weighted by molar-refractivity contribution is -0.157. The van der Waals surface area contributed by atoms with Gasteiger partial charge < -0.3 is 55.0 Å². The van der Waals surface area contributed by atoms with E-state index < -0.39 is 149 Å². The first-order valence-corrected chi connectivity index (χ1v) is 30.7. The van der Waals surface area contributed by atoms with Crippen LogP contribution in [0.25, 0.3) is 0 Å². The zero-order valence-electron chi connectivity index (χ0n) is 55.7. The Hall–Kier alpha value is -5.67. The Morgan fingerprint density at radius 1 is 0.452 bits per heavy atom. The van der Waals surface area contributed by atoms with Gasteiger partial charge in [-0.3, -0.25) is 52.7 Å². The zero-order valence-corrected chi connectivity index (χ0v) is 55.7. The highest BCUT2D eigenvalue weighted by molar-refractivity contribution is 6.00. The number of hydrogen-bond donors (Lipinski definition) is 3. The molecule has 2 aliphatic heterocycles. The van der Waals surface area contributed by atoms with Crippen LogP contribution >= 0.6 is 0 Å². The molecule has 0 aromatic carbocycles. The summed E-state index contributed by atoms with van der Waals surface area (Å²) in [4.78, 5) is 170. The van der Waals surface area contributed by atoms with Crippen molar-refractivity contribution in [2.24, 2.45) is 47.3 Å². The highest BCUT2D eigenvalue weighted by Gasteiger charge is 2.47. The zero-order chi connectivity index (χ0) is 64.8. The van der Waals surface area contributed by atoms with Crippen LogP contribution < -0.4 is 16.0 Å². The normalized spacial score (nSPS) is 29.9. The van der Waals surface area contributed by atoms with Crippen molar-refractivity contribution in [2.75, 3.05) is 55.9 Å². The minimum atomic E-state index is -1.29. The van der Waals surface area contributed by atoms with Crippen LogP contribution in [-0.4, -0.2) is 222 Å². The van der Waals surface area contributed by atoms with Crippen LogP contribution in [0.15, 0.2) is 0 Å². The number of rotatable bonds is 12. The fourth-order valence-electron chi connectivity index (χ4n) is 11.4. The Labute approximate surface area is 503 Å². The molecule has 10 amide bonds. The summed E-state index contributed by atoms with van der Waals surface area (Å²) < 4.78 is 6.18. The molecule has 22 heteroatoms. The van der Waals surface area contributed by atoms with Gasteiger partial charge in [0.15, 0.2) is 5.78 Å². The number of ether oxygens (including phenoxy) is 1. The van der Waals surface area contributed by atoms with Crippen molar-refractivity contribution in [3.05, 3.63) is 0 Å². The molecule has 3 N–H and O–H groups in total. The molecule has 0 aliphatic carbocycles. The van der Waals surface area contributed by atoms with Gasteiger partial charge in [0.05, 0.1) is 12.1 Å². The van der Waals surface area contributed by atoms with Crippen LogP contribution in [0.5, 0.6) is 0 Å². The second kappa shape index (κ2) is 32.7. The standard InChI is InChI=1S/C62H110N10O12/c1-25-43-58(79)66(18)42(17)57(78)67(19)45(29-34(4)5)54(75)65-49(37(10)11)61(82)68(20)44(28-33(2)3)53(74)63-41(16)48(73)32-40(15)56(77)69(21)46(30-35(6)7)59(80)70(22)47(31-36(8)9)60(81)71(23)50(38(12)13)62(83)72(24)51(55(76)64-43)52-39(14)26-27-84-52/h33-47,49-52H,25-32H2,1-24H3,(H,63,74)(H,64,76)(H,65,75)/t39-,40-,41-,42-,43-,44-,45+,46+,47-,49-,50-,51+,52+/m1/s1. The lowest BCUT2D eigenvalue weighted by atomic mass is 9.93. The Bertz CT molecular complexity index is 2310. The Morgan fingerprint density at radius 2 is 0.881 bits per heavy atom. The SMILES string of the molecule is CC[C@H]1NC(=O)[C@H]([C@H]2OCC[C@H]2C)N(C)C(=O)[C@@H](C(C)C)N(C)C(=O)[C@@H](CC(C)C)N(C)C(=O)[C@H](CC(C)C)N(C)C(=O)[C@H](C)CC(=O)[C@@H](C)NC(=O)[C@@H](CC(C)C)N(C)C(=O)[C@@H](C(C)C)NC(=O)[C@H](CC(C)C)N(C)C(=O)[C@@H](C)N(C)C1=O. The maximum absolute atomic E-state index is 15.2. The summed E-state index contributed by atoms with van der Waals surface area (Å²) in [7, 11) is 10.3.